The second kappa shape index (κ2) is 7.72. The predicted octanol–water partition coefficient (Wildman–Crippen LogP) is 2.96. The third kappa shape index (κ3) is 5.06. The van der Waals surface area contributed by atoms with E-state index in [1.165, 1.54) is 37.0 Å². The van der Waals surface area contributed by atoms with Gasteiger partial charge in [-0.1, -0.05) is 26.2 Å². The van der Waals surface area contributed by atoms with Crippen LogP contribution in [0.1, 0.15) is 44.6 Å². The van der Waals surface area contributed by atoms with Gasteiger partial charge < -0.3 is 5.32 Å². The third-order valence-electron chi connectivity index (χ3n) is 4.17. The molecular weight excluding hydrogens is 304 g/mol. The van der Waals surface area contributed by atoms with Gasteiger partial charge in [-0.05, 0) is 48.7 Å². The van der Waals surface area contributed by atoms with Gasteiger partial charge in [0.1, 0.15) is 4.21 Å². The standard InChI is InChI=1S/C15H26N2O2S2/c1-12-4-3-5-13(8-12)6-7-17-21(18,19)15-9-14(10-16-2)11-20-15/h9,11-13,16-17H,3-8,10H2,1-2H3. The van der Waals surface area contributed by atoms with Crippen molar-refractivity contribution in [3.63, 3.8) is 0 Å². The quantitative estimate of drug-likeness (QED) is 0.808. The van der Waals surface area contributed by atoms with E-state index in [1.54, 1.807) is 6.07 Å². The van der Waals surface area contributed by atoms with Gasteiger partial charge in [0, 0.05) is 13.1 Å². The zero-order valence-electron chi connectivity index (χ0n) is 12.9. The van der Waals surface area contributed by atoms with Crippen molar-refractivity contribution in [1.82, 2.24) is 10.0 Å². The fraction of sp³-hybridized carbons (Fsp3) is 0.733. The lowest BCUT2D eigenvalue weighted by atomic mass is 9.81. The summed E-state index contributed by atoms with van der Waals surface area (Å²) in [6.07, 6.45) is 6.06. The van der Waals surface area contributed by atoms with Gasteiger partial charge in [0.2, 0.25) is 10.0 Å². The molecule has 21 heavy (non-hydrogen) atoms. The SMILES string of the molecule is CNCc1csc(S(=O)(=O)NCCC2CCCC(C)C2)c1. The van der Waals surface area contributed by atoms with Gasteiger partial charge in [0.25, 0.3) is 0 Å². The number of hydrogen-bond donors (Lipinski definition) is 2. The topological polar surface area (TPSA) is 58.2 Å². The van der Waals surface area contributed by atoms with Crippen LogP contribution in [-0.4, -0.2) is 22.0 Å². The van der Waals surface area contributed by atoms with Gasteiger partial charge in [-0.2, -0.15) is 0 Å². The van der Waals surface area contributed by atoms with Gasteiger partial charge in [-0.15, -0.1) is 11.3 Å². The first-order valence-corrected chi connectivity index (χ1v) is 10.1. The van der Waals surface area contributed by atoms with Crippen LogP contribution in [0.2, 0.25) is 0 Å². The molecule has 0 radical (unpaired) electrons. The Labute approximate surface area is 132 Å². The van der Waals surface area contributed by atoms with Crippen LogP contribution < -0.4 is 10.0 Å². The van der Waals surface area contributed by atoms with Gasteiger partial charge in [0.05, 0.1) is 0 Å². The highest BCUT2D eigenvalue weighted by Gasteiger charge is 2.20. The molecule has 1 aromatic rings. The average Bonchev–Trinajstić information content (AvgIpc) is 2.88. The summed E-state index contributed by atoms with van der Waals surface area (Å²) in [5.41, 5.74) is 1.02. The number of sulfonamides is 1. The Morgan fingerprint density at radius 1 is 1.38 bits per heavy atom. The van der Waals surface area contributed by atoms with Crippen molar-refractivity contribution in [2.24, 2.45) is 11.8 Å². The van der Waals surface area contributed by atoms with Gasteiger partial charge >= 0.3 is 0 Å². The zero-order valence-corrected chi connectivity index (χ0v) is 14.5. The van der Waals surface area contributed by atoms with Crippen LogP contribution in [0.15, 0.2) is 15.7 Å². The minimum absolute atomic E-state index is 0.421. The highest BCUT2D eigenvalue weighted by Crippen LogP contribution is 2.30. The van der Waals surface area contributed by atoms with Crippen molar-refractivity contribution in [2.75, 3.05) is 13.6 Å². The Morgan fingerprint density at radius 3 is 2.90 bits per heavy atom. The molecule has 2 rings (SSSR count). The lowest BCUT2D eigenvalue weighted by Gasteiger charge is -2.26. The maximum atomic E-state index is 12.2. The number of rotatable bonds is 7. The van der Waals surface area contributed by atoms with Gasteiger partial charge in [-0.3, -0.25) is 0 Å². The third-order valence-corrected chi connectivity index (χ3v) is 7.11. The molecule has 6 heteroatoms. The van der Waals surface area contributed by atoms with Crippen molar-refractivity contribution in [3.8, 4) is 0 Å². The second-order valence-corrected chi connectivity index (χ2v) is 9.03. The van der Waals surface area contributed by atoms with Crippen molar-refractivity contribution < 1.29 is 8.42 Å². The van der Waals surface area contributed by atoms with Gasteiger partial charge in [0.15, 0.2) is 0 Å². The maximum Gasteiger partial charge on any atom is 0.250 e. The fourth-order valence-electron chi connectivity index (χ4n) is 3.08. The largest absolute Gasteiger partial charge is 0.316 e. The molecule has 0 saturated heterocycles. The Hall–Kier alpha value is -0.430. The first kappa shape index (κ1) is 16.9. The minimum atomic E-state index is -3.33. The molecule has 1 fully saturated rings. The van der Waals surface area contributed by atoms with Crippen molar-refractivity contribution in [3.05, 3.63) is 17.0 Å². The Bertz CT molecular complexity index is 540. The van der Waals surface area contributed by atoms with E-state index >= 15 is 0 Å². The Morgan fingerprint density at radius 2 is 2.19 bits per heavy atom. The second-order valence-electron chi connectivity index (χ2n) is 6.13. The molecule has 2 atom stereocenters. The highest BCUT2D eigenvalue weighted by atomic mass is 32.2. The Kier molecular flexibility index (Phi) is 6.22. The van der Waals surface area contributed by atoms with Gasteiger partial charge in [-0.25, -0.2) is 13.1 Å². The summed E-state index contributed by atoms with van der Waals surface area (Å²) in [4.78, 5) is 0. The highest BCUT2D eigenvalue weighted by molar-refractivity contribution is 7.91. The monoisotopic (exact) mass is 330 g/mol. The first-order chi connectivity index (χ1) is 10.0. The van der Waals surface area contributed by atoms with E-state index in [2.05, 4.69) is 17.0 Å². The number of nitrogens with one attached hydrogen (secondary N) is 2. The van der Waals surface area contributed by atoms with Crippen LogP contribution in [0.3, 0.4) is 0 Å². The summed E-state index contributed by atoms with van der Waals surface area (Å²) < 4.78 is 27.6. The summed E-state index contributed by atoms with van der Waals surface area (Å²) in [7, 11) is -1.47. The molecule has 4 nitrogen and oxygen atoms in total. The maximum absolute atomic E-state index is 12.2. The lowest BCUT2D eigenvalue weighted by molar-refractivity contribution is 0.271. The molecule has 2 unspecified atom stereocenters. The molecule has 0 amide bonds. The van der Waals surface area contributed by atoms with E-state index in [-0.39, 0.29) is 0 Å². The summed E-state index contributed by atoms with van der Waals surface area (Å²) in [6.45, 7) is 3.55. The van der Waals surface area contributed by atoms with Crippen molar-refractivity contribution >= 4 is 21.4 Å². The number of hydrogen-bond acceptors (Lipinski definition) is 4. The van der Waals surface area contributed by atoms with E-state index in [4.69, 9.17) is 0 Å². The summed E-state index contributed by atoms with van der Waals surface area (Å²) in [5.74, 6) is 1.47. The molecule has 120 valence electrons. The smallest absolute Gasteiger partial charge is 0.250 e. The van der Waals surface area contributed by atoms with E-state index in [9.17, 15) is 8.42 Å². The minimum Gasteiger partial charge on any atom is -0.316 e. The summed E-state index contributed by atoms with van der Waals surface area (Å²) >= 11 is 1.29. The molecular formula is C15H26N2O2S2. The van der Waals surface area contributed by atoms with E-state index in [0.717, 1.165) is 17.9 Å². The molecule has 0 aliphatic heterocycles. The predicted molar refractivity (Wildman–Crippen MR) is 88.0 cm³/mol. The molecule has 1 saturated carbocycles. The molecule has 0 spiro atoms. The van der Waals surface area contributed by atoms with E-state index < -0.39 is 10.0 Å². The summed E-state index contributed by atoms with van der Waals surface area (Å²) in [6, 6.07) is 1.76. The van der Waals surface area contributed by atoms with E-state index in [1.807, 2.05) is 12.4 Å². The molecule has 1 aromatic heterocycles. The molecule has 0 bridgehead atoms. The average molecular weight is 331 g/mol. The first-order valence-electron chi connectivity index (χ1n) is 7.73. The molecule has 2 N–H and O–H groups in total. The van der Waals surface area contributed by atoms with Crippen LogP contribution in [0.5, 0.6) is 0 Å². The van der Waals surface area contributed by atoms with Crippen LogP contribution in [-0.2, 0) is 16.6 Å². The molecule has 1 aliphatic carbocycles. The van der Waals surface area contributed by atoms with Crippen LogP contribution >= 0.6 is 11.3 Å². The van der Waals surface area contributed by atoms with Crippen molar-refractivity contribution in [2.45, 2.75) is 49.8 Å². The zero-order chi connectivity index (χ0) is 15.3. The normalized spacial score (nSPS) is 23.3. The molecule has 0 aromatic carbocycles. The van der Waals surface area contributed by atoms with Crippen LogP contribution in [0.4, 0.5) is 0 Å². The molecule has 1 aliphatic rings. The van der Waals surface area contributed by atoms with E-state index in [0.29, 0.717) is 23.2 Å². The lowest BCUT2D eigenvalue weighted by Crippen LogP contribution is -2.26. The Balaban J connectivity index is 1.83. The summed E-state index contributed by atoms with van der Waals surface area (Å²) in [5, 5.41) is 4.93. The van der Waals surface area contributed by atoms with Crippen molar-refractivity contribution in [1.29, 1.82) is 0 Å². The molecule has 1 heterocycles. The fourth-order valence-corrected chi connectivity index (χ4v) is 5.38. The number of thiophene rings is 1. The van der Waals surface area contributed by atoms with Crippen LogP contribution in [0.25, 0.3) is 0 Å². The van der Waals surface area contributed by atoms with Crippen LogP contribution in [0, 0.1) is 11.8 Å².